The van der Waals surface area contributed by atoms with Gasteiger partial charge in [-0.15, -0.1) is 0 Å². The second kappa shape index (κ2) is 4.96. The monoisotopic (exact) mass is 293 g/mol. The summed E-state index contributed by atoms with van der Waals surface area (Å²) < 4.78 is 27.5. The van der Waals surface area contributed by atoms with E-state index in [1.165, 1.54) is 0 Å². The summed E-state index contributed by atoms with van der Waals surface area (Å²) in [5.41, 5.74) is 0.943. The number of halogens is 1. The van der Waals surface area contributed by atoms with Gasteiger partial charge in [0.2, 0.25) is 10.0 Å². The molecule has 0 saturated carbocycles. The molecule has 0 unspecified atom stereocenters. The molecule has 1 aromatic rings. The second-order valence-electron chi connectivity index (χ2n) is 3.13. The topological polar surface area (TPSA) is 69.4 Å². The lowest BCUT2D eigenvalue weighted by atomic mass is 10.2. The molecule has 0 amide bonds. The van der Waals surface area contributed by atoms with Crippen LogP contribution in [0.5, 0.6) is 5.75 Å². The van der Waals surface area contributed by atoms with Gasteiger partial charge in [0.15, 0.2) is 0 Å². The van der Waals surface area contributed by atoms with Crippen LogP contribution in [0.3, 0.4) is 0 Å². The highest BCUT2D eigenvalue weighted by Gasteiger charge is 2.04. The van der Waals surface area contributed by atoms with Gasteiger partial charge in [0.25, 0.3) is 0 Å². The fourth-order valence-electron chi connectivity index (χ4n) is 1.04. The Balaban J connectivity index is 2.59. The van der Waals surface area contributed by atoms with Crippen LogP contribution >= 0.6 is 15.9 Å². The Morgan fingerprint density at radius 3 is 2.67 bits per heavy atom. The van der Waals surface area contributed by atoms with Crippen molar-refractivity contribution in [2.45, 2.75) is 6.92 Å². The number of hydrogen-bond acceptors (Lipinski definition) is 3. The third-order valence-corrected chi connectivity index (χ3v) is 2.99. The van der Waals surface area contributed by atoms with E-state index in [4.69, 9.17) is 9.88 Å². The van der Waals surface area contributed by atoms with E-state index in [9.17, 15) is 8.42 Å². The Morgan fingerprint density at radius 2 is 2.13 bits per heavy atom. The summed E-state index contributed by atoms with van der Waals surface area (Å²) >= 11 is 3.32. The summed E-state index contributed by atoms with van der Waals surface area (Å²) in [5.74, 6) is 0.490. The number of hydrogen-bond donors (Lipinski definition) is 1. The maximum atomic E-state index is 10.7. The molecule has 4 nitrogen and oxygen atoms in total. The zero-order valence-electron chi connectivity index (χ0n) is 8.23. The number of rotatable bonds is 4. The van der Waals surface area contributed by atoms with Crippen LogP contribution in [-0.4, -0.2) is 20.8 Å². The fourth-order valence-corrected chi connectivity index (χ4v) is 1.83. The van der Waals surface area contributed by atoms with Gasteiger partial charge in [-0.25, -0.2) is 13.6 Å². The van der Waals surface area contributed by atoms with Crippen molar-refractivity contribution < 1.29 is 13.2 Å². The molecule has 0 heterocycles. The van der Waals surface area contributed by atoms with E-state index in [1.54, 1.807) is 6.07 Å². The van der Waals surface area contributed by atoms with E-state index in [-0.39, 0.29) is 12.4 Å². The summed E-state index contributed by atoms with van der Waals surface area (Å²) in [6.45, 7) is 1.96. The van der Waals surface area contributed by atoms with Crippen molar-refractivity contribution >= 4 is 26.0 Å². The zero-order valence-corrected chi connectivity index (χ0v) is 10.6. The van der Waals surface area contributed by atoms with Crippen molar-refractivity contribution in [3.63, 3.8) is 0 Å². The molecule has 6 heteroatoms. The predicted octanol–water partition coefficient (Wildman–Crippen LogP) is 1.42. The minimum absolute atomic E-state index is 0.0707. The third-order valence-electron chi connectivity index (χ3n) is 1.76. The molecule has 0 spiro atoms. The average Bonchev–Trinajstić information content (AvgIpc) is 2.07. The van der Waals surface area contributed by atoms with Gasteiger partial charge in [0.1, 0.15) is 12.4 Å². The van der Waals surface area contributed by atoms with Crippen LogP contribution in [0.25, 0.3) is 0 Å². The molecule has 0 aliphatic heterocycles. The number of primary sulfonamides is 1. The van der Waals surface area contributed by atoms with Crippen LogP contribution < -0.4 is 9.88 Å². The molecule has 0 aromatic heterocycles. The lowest BCUT2D eigenvalue weighted by molar-refractivity contribution is 0.338. The molecular weight excluding hydrogens is 282 g/mol. The molecule has 0 atom stereocenters. The molecule has 84 valence electrons. The highest BCUT2D eigenvalue weighted by atomic mass is 79.9. The maximum absolute atomic E-state index is 10.7. The van der Waals surface area contributed by atoms with Crippen molar-refractivity contribution in [1.82, 2.24) is 0 Å². The van der Waals surface area contributed by atoms with E-state index in [1.807, 2.05) is 19.1 Å². The first-order chi connectivity index (χ1) is 6.88. The molecule has 0 saturated heterocycles. The van der Waals surface area contributed by atoms with Crippen LogP contribution in [0.4, 0.5) is 0 Å². The van der Waals surface area contributed by atoms with E-state index in [2.05, 4.69) is 15.9 Å². The summed E-state index contributed by atoms with van der Waals surface area (Å²) in [5, 5.41) is 4.85. The molecule has 1 aromatic carbocycles. The minimum Gasteiger partial charge on any atom is -0.492 e. The summed E-state index contributed by atoms with van der Waals surface area (Å²) in [7, 11) is -3.45. The molecular formula is C9H12BrNO3S. The molecule has 0 fully saturated rings. The first-order valence-corrected chi connectivity index (χ1v) is 6.79. The first kappa shape index (κ1) is 12.5. The Labute approximate surface area is 97.6 Å². The van der Waals surface area contributed by atoms with Gasteiger partial charge in [-0.2, -0.15) is 0 Å². The van der Waals surface area contributed by atoms with Crippen LogP contribution in [0.2, 0.25) is 0 Å². The van der Waals surface area contributed by atoms with Crippen molar-refractivity contribution in [2.24, 2.45) is 5.14 Å². The van der Waals surface area contributed by atoms with Crippen LogP contribution in [-0.2, 0) is 10.0 Å². The van der Waals surface area contributed by atoms with Crippen molar-refractivity contribution in [1.29, 1.82) is 0 Å². The maximum Gasteiger partial charge on any atom is 0.212 e. The first-order valence-electron chi connectivity index (χ1n) is 4.28. The van der Waals surface area contributed by atoms with E-state index in [0.717, 1.165) is 10.0 Å². The number of aryl methyl sites for hydroxylation is 1. The summed E-state index contributed by atoms with van der Waals surface area (Å²) in [4.78, 5) is 0. The van der Waals surface area contributed by atoms with Gasteiger partial charge in [0.05, 0.1) is 5.75 Å². The van der Waals surface area contributed by atoms with E-state index in [0.29, 0.717) is 5.75 Å². The molecule has 2 N–H and O–H groups in total. The molecule has 0 radical (unpaired) electrons. The largest absolute Gasteiger partial charge is 0.492 e. The highest BCUT2D eigenvalue weighted by Crippen LogP contribution is 2.21. The Kier molecular flexibility index (Phi) is 4.12. The number of ether oxygens (including phenoxy) is 1. The zero-order chi connectivity index (χ0) is 11.5. The van der Waals surface area contributed by atoms with Gasteiger partial charge in [0, 0.05) is 4.47 Å². The average molecular weight is 294 g/mol. The molecule has 0 aliphatic rings. The SMILES string of the molecule is Cc1cc(Br)ccc1OCCS(N)(=O)=O. The number of nitrogens with two attached hydrogens (primary N) is 1. The van der Waals surface area contributed by atoms with E-state index < -0.39 is 10.0 Å². The Bertz CT molecular complexity index is 445. The Hall–Kier alpha value is -0.590. The van der Waals surface area contributed by atoms with Gasteiger partial charge >= 0.3 is 0 Å². The van der Waals surface area contributed by atoms with Crippen LogP contribution in [0, 0.1) is 6.92 Å². The number of sulfonamides is 1. The smallest absolute Gasteiger partial charge is 0.212 e. The molecule has 0 bridgehead atoms. The van der Waals surface area contributed by atoms with Crippen molar-refractivity contribution in [3.8, 4) is 5.75 Å². The lowest BCUT2D eigenvalue weighted by Gasteiger charge is -2.08. The minimum atomic E-state index is -3.45. The third kappa shape index (κ3) is 4.63. The van der Waals surface area contributed by atoms with Gasteiger partial charge < -0.3 is 4.74 Å². The van der Waals surface area contributed by atoms with Crippen LogP contribution in [0.15, 0.2) is 22.7 Å². The molecule has 15 heavy (non-hydrogen) atoms. The Morgan fingerprint density at radius 1 is 1.47 bits per heavy atom. The van der Waals surface area contributed by atoms with E-state index >= 15 is 0 Å². The summed E-state index contributed by atoms with van der Waals surface area (Å²) in [6, 6.07) is 5.51. The van der Waals surface area contributed by atoms with Gasteiger partial charge in [-0.3, -0.25) is 0 Å². The van der Waals surface area contributed by atoms with Gasteiger partial charge in [-0.05, 0) is 30.7 Å². The number of benzene rings is 1. The fraction of sp³-hybridized carbons (Fsp3) is 0.333. The molecule has 0 aliphatic carbocycles. The summed E-state index contributed by atoms with van der Waals surface area (Å²) in [6.07, 6.45) is 0. The van der Waals surface area contributed by atoms with Crippen molar-refractivity contribution in [2.75, 3.05) is 12.4 Å². The standard InChI is InChI=1S/C9H12BrNO3S/c1-7-6-8(10)2-3-9(7)14-4-5-15(11,12)13/h2-3,6H,4-5H2,1H3,(H2,11,12,13). The second-order valence-corrected chi connectivity index (χ2v) is 5.77. The normalized spacial score (nSPS) is 11.4. The molecule has 1 rings (SSSR count). The van der Waals surface area contributed by atoms with Crippen molar-refractivity contribution in [3.05, 3.63) is 28.2 Å². The lowest BCUT2D eigenvalue weighted by Crippen LogP contribution is -2.21. The predicted molar refractivity (Wildman–Crippen MR) is 62.3 cm³/mol. The van der Waals surface area contributed by atoms with Gasteiger partial charge in [-0.1, -0.05) is 15.9 Å². The highest BCUT2D eigenvalue weighted by molar-refractivity contribution is 9.10. The quantitative estimate of drug-likeness (QED) is 0.913. The van der Waals surface area contributed by atoms with Crippen LogP contribution in [0.1, 0.15) is 5.56 Å².